The molecule has 0 bridgehead atoms. The van der Waals surface area contributed by atoms with Crippen molar-refractivity contribution < 1.29 is 28.2 Å². The number of fused-ring (bicyclic) bond motifs is 5. The summed E-state index contributed by atoms with van der Waals surface area (Å²) in [4.78, 5) is 4.89. The third-order valence-electron chi connectivity index (χ3n) is 10.1. The number of hydrogen-bond acceptors (Lipinski definition) is 2. The van der Waals surface area contributed by atoms with Gasteiger partial charge in [-0.15, -0.1) is 0 Å². The molecule has 0 amide bonds. The summed E-state index contributed by atoms with van der Waals surface area (Å²) in [6.07, 6.45) is 4.83. The molecule has 4 aromatic carbocycles. The number of imidazole rings is 1. The number of aryl methyl sites for hydroxylation is 2. The number of benzene rings is 4. The fraction of sp³-hybridized carbons (Fsp3) is 0.302. The summed E-state index contributed by atoms with van der Waals surface area (Å²) in [5, 5.41) is 2.34. The van der Waals surface area contributed by atoms with Crippen LogP contribution < -0.4 is 4.74 Å². The number of para-hydroxylation sites is 2. The van der Waals surface area contributed by atoms with Crippen LogP contribution in [0.15, 0.2) is 97.2 Å². The molecule has 8 rings (SSSR count). The molecule has 0 saturated heterocycles. The van der Waals surface area contributed by atoms with E-state index in [0.29, 0.717) is 9.32 Å². The van der Waals surface area contributed by atoms with Gasteiger partial charge in [-0.25, -0.2) is 4.98 Å². The zero-order valence-corrected chi connectivity index (χ0v) is 31.2. The van der Waals surface area contributed by atoms with E-state index in [4.69, 9.17) is 13.8 Å². The van der Waals surface area contributed by atoms with Gasteiger partial charge in [0.2, 0.25) is 0 Å². The van der Waals surface area contributed by atoms with Crippen LogP contribution in [0.1, 0.15) is 86.8 Å². The number of rotatable bonds is 4. The predicted octanol–water partition coefficient (Wildman–Crippen LogP) is 10.9. The molecule has 0 N–H and O–H groups in total. The average molecular weight is 831 g/mol. The third kappa shape index (κ3) is 5.51. The van der Waals surface area contributed by atoms with Crippen LogP contribution in [0.4, 0.5) is 0 Å². The zero-order chi connectivity index (χ0) is 36.7. The van der Waals surface area contributed by atoms with E-state index in [9.17, 15) is 0 Å². The van der Waals surface area contributed by atoms with Gasteiger partial charge >= 0.3 is 200 Å². The first-order valence-corrected chi connectivity index (χ1v) is 18.3. The van der Waals surface area contributed by atoms with Gasteiger partial charge in [-0.05, 0) is 46.2 Å². The molecule has 1 unspecified atom stereocenters. The van der Waals surface area contributed by atoms with Crippen LogP contribution in [-0.4, -0.2) is 18.7 Å². The van der Waals surface area contributed by atoms with E-state index in [0.717, 1.165) is 58.5 Å². The summed E-state index contributed by atoms with van der Waals surface area (Å²) < 4.78 is 38.3. The average Bonchev–Trinajstić information content (AvgIpc) is 3.58. The second-order valence-corrected chi connectivity index (χ2v) is 16.5. The summed E-state index contributed by atoms with van der Waals surface area (Å²) in [5.74, 6) is 2.38. The topological polar surface area (TPSA) is 36.9 Å². The number of nitrogens with zero attached hydrogens (tertiary/aromatic N) is 4. The molecule has 0 aliphatic heterocycles. The molecule has 1 atom stereocenters. The Balaban J connectivity index is 1.25. The van der Waals surface area contributed by atoms with E-state index in [-0.39, 0.29) is 16.9 Å². The normalized spacial score (nSPS) is 16.5. The van der Waals surface area contributed by atoms with Gasteiger partial charge in [-0.2, -0.15) is 0 Å². The van der Waals surface area contributed by atoms with Crippen molar-refractivity contribution in [1.82, 2.24) is 18.7 Å². The molecule has 0 radical (unpaired) electrons. The first kappa shape index (κ1) is 28.6. The minimum atomic E-state index is -2.29. The molecule has 1 aliphatic carbocycles. The molecule has 0 saturated carbocycles. The van der Waals surface area contributed by atoms with Crippen LogP contribution in [-0.2, 0) is 43.6 Å². The quantitative estimate of drug-likeness (QED) is 0.177. The van der Waals surface area contributed by atoms with Gasteiger partial charge in [0.05, 0.1) is 0 Å². The molecule has 5 nitrogen and oxygen atoms in total. The van der Waals surface area contributed by atoms with Crippen LogP contribution in [0.2, 0.25) is 0 Å². The summed E-state index contributed by atoms with van der Waals surface area (Å²) in [6.45, 7) is 11.2. The van der Waals surface area contributed by atoms with Crippen LogP contribution in [0.3, 0.4) is 0 Å². The van der Waals surface area contributed by atoms with Gasteiger partial charge in [0.25, 0.3) is 0 Å². The fourth-order valence-electron chi connectivity index (χ4n) is 7.44. The number of pyridine rings is 1. The Morgan fingerprint density at radius 1 is 0.755 bits per heavy atom. The van der Waals surface area contributed by atoms with Gasteiger partial charge in [-0.1, -0.05) is 47.6 Å². The maximum absolute atomic E-state index is 8.32. The maximum atomic E-state index is 8.32. The number of ether oxygens (including phenoxy) is 1. The molecule has 1 aliphatic rings. The number of hydrogen-bond donors (Lipinski definition) is 0. The van der Waals surface area contributed by atoms with E-state index in [1.165, 1.54) is 32.2 Å². The fourth-order valence-corrected chi connectivity index (χ4v) is 8.34. The van der Waals surface area contributed by atoms with Crippen molar-refractivity contribution in [1.29, 1.82) is 0 Å². The van der Waals surface area contributed by atoms with Gasteiger partial charge in [-0.3, -0.25) is 0 Å². The SMILES string of the molecule is [2H]C([2H])([2H])n1[c](=[Pt])n(C2CCCc3ccc(Oc4ccc5c6cc(C(C)(C)C)ccc6n(-c6cc(C(C)(C)C)ccn6)c5c4)cc32)c2ccccc21. The Morgan fingerprint density at radius 3 is 2.27 bits per heavy atom. The Morgan fingerprint density at radius 2 is 1.49 bits per heavy atom. The zero-order valence-electron chi connectivity index (χ0n) is 31.9. The van der Waals surface area contributed by atoms with Crippen LogP contribution in [0.5, 0.6) is 11.5 Å². The van der Waals surface area contributed by atoms with Crippen LogP contribution in [0, 0.1) is 3.80 Å². The van der Waals surface area contributed by atoms with E-state index in [1.807, 2.05) is 30.5 Å². The van der Waals surface area contributed by atoms with E-state index in [1.54, 1.807) is 0 Å². The van der Waals surface area contributed by atoms with Crippen molar-refractivity contribution in [2.75, 3.05) is 0 Å². The van der Waals surface area contributed by atoms with E-state index in [2.05, 4.69) is 137 Å². The standard InChI is InChI=1S/C43H44N4O.Pt/c1-42(2,3)29-16-20-37-35(23-29)33-19-18-32(26-40(33)47(37)41-24-30(21-22-44-41)43(4,5)6)48-31-17-15-28-11-10-14-36(34(28)25-31)46-27-45(7)38-12-8-9-13-39(38)46;/h8-9,12-13,15-26,36H,10-11,14H2,1-7H3;/i7D3;. The molecule has 7 aromatic rings. The molecule has 3 aromatic heterocycles. The monoisotopic (exact) mass is 830 g/mol. The van der Waals surface area contributed by atoms with Crippen molar-refractivity contribution >= 4 is 32.8 Å². The Kier molecular flexibility index (Phi) is 6.83. The molecule has 3 heterocycles. The van der Waals surface area contributed by atoms with Crippen molar-refractivity contribution in [3.63, 3.8) is 0 Å². The minimum absolute atomic E-state index is 0.0123. The molecule has 0 spiro atoms. The predicted molar refractivity (Wildman–Crippen MR) is 198 cm³/mol. The molecule has 49 heavy (non-hydrogen) atoms. The van der Waals surface area contributed by atoms with Gasteiger partial charge in [0, 0.05) is 6.20 Å². The van der Waals surface area contributed by atoms with Gasteiger partial charge < -0.3 is 0 Å². The van der Waals surface area contributed by atoms with Crippen molar-refractivity contribution in [3.8, 4) is 17.3 Å². The second kappa shape index (κ2) is 11.7. The molecular formula is C43H44N4OPt. The summed E-state index contributed by atoms with van der Waals surface area (Å²) >= 11 is 2.19. The van der Waals surface area contributed by atoms with Crippen molar-refractivity contribution in [2.45, 2.75) is 77.7 Å². The number of aromatic nitrogens is 4. The summed E-state index contributed by atoms with van der Waals surface area (Å²) in [5.41, 5.74) is 8.73. The van der Waals surface area contributed by atoms with Crippen LogP contribution in [0.25, 0.3) is 38.7 Å². The Bertz CT molecular complexity index is 2580. The van der Waals surface area contributed by atoms with Gasteiger partial charge in [0.15, 0.2) is 0 Å². The second-order valence-electron chi connectivity index (χ2n) is 15.5. The Labute approximate surface area is 303 Å². The summed E-state index contributed by atoms with van der Waals surface area (Å²) in [6, 6.07) is 31.7. The van der Waals surface area contributed by atoms with Crippen molar-refractivity contribution in [2.24, 2.45) is 6.98 Å². The van der Waals surface area contributed by atoms with Crippen molar-refractivity contribution in [3.05, 3.63) is 123 Å². The molecule has 252 valence electrons. The van der Waals surface area contributed by atoms with Gasteiger partial charge in [0.1, 0.15) is 0 Å². The van der Waals surface area contributed by atoms with Crippen LogP contribution >= 0.6 is 0 Å². The van der Waals surface area contributed by atoms with E-state index >= 15 is 0 Å². The third-order valence-corrected chi connectivity index (χ3v) is 11.2. The molecule has 6 heteroatoms. The Hall–Kier alpha value is -4.21. The molecule has 0 fully saturated rings. The first-order chi connectivity index (χ1) is 24.6. The summed E-state index contributed by atoms with van der Waals surface area (Å²) in [7, 11) is 0. The molecular weight excluding hydrogens is 784 g/mol. The van der Waals surface area contributed by atoms with E-state index < -0.39 is 6.98 Å². The first-order valence-electron chi connectivity index (χ1n) is 18.6.